The number of benzene rings is 1. The first-order chi connectivity index (χ1) is 8.61. The standard InChI is InChI=1S/C14H19N3O.ClH/c1-9-10(2)17-13-5-4-11(6-12(9)13)7-16-14(18)8-15-3;/h4-6,15,17H,7-8H2,1-3H3,(H,16,18);1H. The van der Waals surface area contributed by atoms with Gasteiger partial charge < -0.3 is 15.6 Å². The molecule has 0 unspecified atom stereocenters. The largest absolute Gasteiger partial charge is 0.358 e. The van der Waals surface area contributed by atoms with Crippen LogP contribution in [-0.2, 0) is 11.3 Å². The maximum absolute atomic E-state index is 11.4. The molecule has 0 fully saturated rings. The minimum absolute atomic E-state index is 0. The highest BCUT2D eigenvalue weighted by Crippen LogP contribution is 2.22. The van der Waals surface area contributed by atoms with Crippen molar-refractivity contribution >= 4 is 29.2 Å². The van der Waals surface area contributed by atoms with Gasteiger partial charge in [0.2, 0.25) is 5.91 Å². The second-order valence-corrected chi connectivity index (χ2v) is 4.56. The fourth-order valence-electron chi connectivity index (χ4n) is 2.04. The Bertz CT molecular complexity index is 577. The zero-order chi connectivity index (χ0) is 13.1. The third kappa shape index (κ3) is 3.49. The molecule has 0 radical (unpaired) electrons. The monoisotopic (exact) mass is 281 g/mol. The Morgan fingerprint density at radius 3 is 2.74 bits per heavy atom. The van der Waals surface area contributed by atoms with E-state index in [1.165, 1.54) is 16.6 Å². The van der Waals surface area contributed by atoms with Gasteiger partial charge in [0, 0.05) is 23.1 Å². The highest BCUT2D eigenvalue weighted by molar-refractivity contribution is 5.85. The molecule has 5 heteroatoms. The number of halogens is 1. The van der Waals surface area contributed by atoms with Crippen molar-refractivity contribution < 1.29 is 4.79 Å². The normalized spacial score (nSPS) is 10.3. The van der Waals surface area contributed by atoms with E-state index >= 15 is 0 Å². The Hall–Kier alpha value is -1.52. The SMILES string of the molecule is CNCC(=O)NCc1ccc2[nH]c(C)c(C)c2c1.Cl. The second kappa shape index (κ2) is 6.59. The highest BCUT2D eigenvalue weighted by atomic mass is 35.5. The van der Waals surface area contributed by atoms with Crippen LogP contribution in [0.5, 0.6) is 0 Å². The Balaban J connectivity index is 0.00000180. The lowest BCUT2D eigenvalue weighted by Crippen LogP contribution is -2.31. The molecule has 0 saturated carbocycles. The number of rotatable bonds is 4. The fraction of sp³-hybridized carbons (Fsp3) is 0.357. The molecule has 3 N–H and O–H groups in total. The van der Waals surface area contributed by atoms with Crippen LogP contribution in [0.1, 0.15) is 16.8 Å². The molecule has 0 saturated heterocycles. The number of aromatic amines is 1. The molecule has 2 aromatic rings. The van der Waals surface area contributed by atoms with Gasteiger partial charge in [-0.2, -0.15) is 0 Å². The number of amides is 1. The lowest BCUT2D eigenvalue weighted by molar-refractivity contribution is -0.120. The van der Waals surface area contributed by atoms with Gasteiger partial charge in [-0.3, -0.25) is 4.79 Å². The number of hydrogen-bond donors (Lipinski definition) is 3. The van der Waals surface area contributed by atoms with Gasteiger partial charge in [-0.25, -0.2) is 0 Å². The molecule has 104 valence electrons. The molecule has 1 heterocycles. The summed E-state index contributed by atoms with van der Waals surface area (Å²) in [4.78, 5) is 14.7. The molecule has 1 amide bonds. The molecule has 0 aliphatic rings. The van der Waals surface area contributed by atoms with Gasteiger partial charge in [-0.05, 0) is 44.2 Å². The van der Waals surface area contributed by atoms with Crippen molar-refractivity contribution in [2.45, 2.75) is 20.4 Å². The van der Waals surface area contributed by atoms with E-state index in [0.29, 0.717) is 13.1 Å². The summed E-state index contributed by atoms with van der Waals surface area (Å²) in [6.45, 7) is 5.10. The second-order valence-electron chi connectivity index (χ2n) is 4.56. The minimum Gasteiger partial charge on any atom is -0.358 e. The van der Waals surface area contributed by atoms with E-state index in [-0.39, 0.29) is 18.3 Å². The molecule has 0 atom stereocenters. The van der Waals surface area contributed by atoms with Crippen molar-refractivity contribution in [1.29, 1.82) is 0 Å². The molecule has 0 spiro atoms. The van der Waals surface area contributed by atoms with Crippen molar-refractivity contribution in [3.63, 3.8) is 0 Å². The van der Waals surface area contributed by atoms with Gasteiger partial charge in [0.05, 0.1) is 6.54 Å². The summed E-state index contributed by atoms with van der Waals surface area (Å²) in [7, 11) is 1.76. The molecule has 1 aromatic heterocycles. The number of aromatic nitrogens is 1. The van der Waals surface area contributed by atoms with Gasteiger partial charge in [-0.1, -0.05) is 6.07 Å². The summed E-state index contributed by atoms with van der Waals surface area (Å²) >= 11 is 0. The Morgan fingerprint density at radius 1 is 1.32 bits per heavy atom. The molecule has 2 rings (SSSR count). The van der Waals surface area contributed by atoms with E-state index in [0.717, 1.165) is 11.1 Å². The molecule has 4 nitrogen and oxygen atoms in total. The van der Waals surface area contributed by atoms with Gasteiger partial charge in [-0.15, -0.1) is 12.4 Å². The summed E-state index contributed by atoms with van der Waals surface area (Å²) in [6, 6.07) is 6.24. The minimum atomic E-state index is 0. The van der Waals surface area contributed by atoms with Crippen LogP contribution in [0.25, 0.3) is 10.9 Å². The molecule has 19 heavy (non-hydrogen) atoms. The summed E-state index contributed by atoms with van der Waals surface area (Å²) < 4.78 is 0. The highest BCUT2D eigenvalue weighted by Gasteiger charge is 2.05. The van der Waals surface area contributed by atoms with E-state index < -0.39 is 0 Å². The van der Waals surface area contributed by atoms with Crippen molar-refractivity contribution in [1.82, 2.24) is 15.6 Å². The smallest absolute Gasteiger partial charge is 0.234 e. The van der Waals surface area contributed by atoms with Crippen molar-refractivity contribution in [2.75, 3.05) is 13.6 Å². The molecule has 1 aromatic carbocycles. The average molecular weight is 282 g/mol. The average Bonchev–Trinajstić information content (AvgIpc) is 2.63. The number of nitrogens with one attached hydrogen (secondary N) is 3. The van der Waals surface area contributed by atoms with Crippen LogP contribution in [0.2, 0.25) is 0 Å². The number of likely N-dealkylation sites (N-methyl/N-ethyl adjacent to an activating group) is 1. The quantitative estimate of drug-likeness (QED) is 0.803. The van der Waals surface area contributed by atoms with E-state index in [1.807, 2.05) is 6.07 Å². The topological polar surface area (TPSA) is 56.9 Å². The maximum atomic E-state index is 11.4. The third-order valence-electron chi connectivity index (χ3n) is 3.20. The number of H-pyrrole nitrogens is 1. The van der Waals surface area contributed by atoms with E-state index in [2.05, 4.69) is 41.6 Å². The Morgan fingerprint density at radius 2 is 2.05 bits per heavy atom. The predicted octanol–water partition coefficient (Wildman–Crippen LogP) is 2.04. The zero-order valence-electron chi connectivity index (χ0n) is 11.5. The van der Waals surface area contributed by atoms with Crippen LogP contribution in [0, 0.1) is 13.8 Å². The van der Waals surface area contributed by atoms with Crippen molar-refractivity contribution in [3.8, 4) is 0 Å². The van der Waals surface area contributed by atoms with Crippen LogP contribution >= 0.6 is 12.4 Å². The van der Waals surface area contributed by atoms with Crippen molar-refractivity contribution in [3.05, 3.63) is 35.0 Å². The van der Waals surface area contributed by atoms with Crippen molar-refractivity contribution in [2.24, 2.45) is 0 Å². The first-order valence-corrected chi connectivity index (χ1v) is 6.11. The number of carbonyl (C=O) groups is 1. The summed E-state index contributed by atoms with van der Waals surface area (Å²) in [5.41, 5.74) is 4.74. The van der Waals surface area contributed by atoms with E-state index in [1.54, 1.807) is 7.05 Å². The summed E-state index contributed by atoms with van der Waals surface area (Å²) in [5.74, 6) is 0.0135. The Labute approximate surface area is 119 Å². The first kappa shape index (κ1) is 15.5. The van der Waals surface area contributed by atoms with Gasteiger partial charge in [0.15, 0.2) is 0 Å². The zero-order valence-corrected chi connectivity index (χ0v) is 12.3. The molecule has 0 aliphatic heterocycles. The van der Waals surface area contributed by atoms with Crippen LogP contribution in [0.3, 0.4) is 0 Å². The predicted molar refractivity (Wildman–Crippen MR) is 80.8 cm³/mol. The molecular weight excluding hydrogens is 262 g/mol. The molecule has 0 bridgehead atoms. The Kier molecular flexibility index (Phi) is 5.39. The van der Waals surface area contributed by atoms with Crippen LogP contribution in [0.4, 0.5) is 0 Å². The van der Waals surface area contributed by atoms with E-state index in [4.69, 9.17) is 0 Å². The van der Waals surface area contributed by atoms with Gasteiger partial charge >= 0.3 is 0 Å². The molecular formula is C14H20ClN3O. The van der Waals surface area contributed by atoms with Crippen LogP contribution < -0.4 is 10.6 Å². The number of carbonyl (C=O) groups excluding carboxylic acids is 1. The lowest BCUT2D eigenvalue weighted by atomic mass is 10.1. The number of aryl methyl sites for hydroxylation is 2. The summed E-state index contributed by atoms with van der Waals surface area (Å²) in [5, 5.41) is 6.94. The molecule has 0 aliphatic carbocycles. The lowest BCUT2D eigenvalue weighted by Gasteiger charge is -2.05. The van der Waals surface area contributed by atoms with Gasteiger partial charge in [0.1, 0.15) is 0 Å². The van der Waals surface area contributed by atoms with Gasteiger partial charge in [0.25, 0.3) is 0 Å². The number of fused-ring (bicyclic) bond motifs is 1. The van der Waals surface area contributed by atoms with Crippen LogP contribution in [-0.4, -0.2) is 24.5 Å². The van der Waals surface area contributed by atoms with E-state index in [9.17, 15) is 4.79 Å². The summed E-state index contributed by atoms with van der Waals surface area (Å²) in [6.07, 6.45) is 0. The van der Waals surface area contributed by atoms with Crippen LogP contribution in [0.15, 0.2) is 18.2 Å². The maximum Gasteiger partial charge on any atom is 0.234 e. The third-order valence-corrected chi connectivity index (χ3v) is 3.20. The first-order valence-electron chi connectivity index (χ1n) is 6.11. The number of hydrogen-bond acceptors (Lipinski definition) is 2. The fourth-order valence-corrected chi connectivity index (χ4v) is 2.04.